The topological polar surface area (TPSA) is 32.3 Å². The molecule has 1 aliphatic carbocycles. The number of aromatic nitrogens is 2. The molecule has 0 spiro atoms. The fourth-order valence-electron chi connectivity index (χ4n) is 7.19. The fraction of sp³-hybridized carbons (Fsp3) is 0.484. The molecule has 2 atom stereocenters. The van der Waals surface area contributed by atoms with Crippen LogP contribution < -0.4 is 9.80 Å². The number of para-hydroxylation sites is 2. The van der Waals surface area contributed by atoms with Gasteiger partial charge in [0.1, 0.15) is 6.17 Å². The van der Waals surface area contributed by atoms with Gasteiger partial charge in [0.2, 0.25) is 0 Å². The summed E-state index contributed by atoms with van der Waals surface area (Å²) in [6.45, 7) is 7.17. The molecule has 1 aromatic heterocycles. The maximum Gasteiger partial charge on any atom is 0.178 e. The zero-order valence-electron chi connectivity index (χ0n) is 21.5. The molecule has 0 N–H and O–H groups in total. The second-order valence-electron chi connectivity index (χ2n) is 11.0. The van der Waals surface area contributed by atoms with Gasteiger partial charge in [0.25, 0.3) is 0 Å². The summed E-state index contributed by atoms with van der Waals surface area (Å²) in [7, 11) is 0. The van der Waals surface area contributed by atoms with E-state index in [4.69, 9.17) is 9.97 Å². The number of nitrogens with zero attached hydrogens (tertiary/aromatic N) is 4. The van der Waals surface area contributed by atoms with Gasteiger partial charge in [-0.3, -0.25) is 0 Å². The van der Waals surface area contributed by atoms with Crippen LogP contribution in [0.5, 0.6) is 0 Å². The molecule has 2 aromatic carbocycles. The number of anilines is 4. The number of hydrogen-bond acceptors (Lipinski definition) is 4. The Morgan fingerprint density at radius 3 is 2.31 bits per heavy atom. The predicted octanol–water partition coefficient (Wildman–Crippen LogP) is 8.24. The maximum absolute atomic E-state index is 5.43. The minimum absolute atomic E-state index is 0.162. The molecule has 4 heteroatoms. The van der Waals surface area contributed by atoms with Gasteiger partial charge in [-0.05, 0) is 67.2 Å². The van der Waals surface area contributed by atoms with Crippen LogP contribution in [0.4, 0.5) is 23.0 Å². The monoisotopic (exact) mass is 466 g/mol. The van der Waals surface area contributed by atoms with Crippen molar-refractivity contribution < 1.29 is 0 Å². The quantitative estimate of drug-likeness (QED) is 0.387. The van der Waals surface area contributed by atoms with Crippen LogP contribution in [0, 0.1) is 5.92 Å². The minimum Gasteiger partial charge on any atom is -0.302 e. The van der Waals surface area contributed by atoms with Crippen molar-refractivity contribution in [2.75, 3.05) is 9.80 Å². The van der Waals surface area contributed by atoms with Crippen molar-refractivity contribution >= 4 is 23.0 Å². The Kier molecular flexibility index (Phi) is 5.78. The van der Waals surface area contributed by atoms with Gasteiger partial charge in [-0.2, -0.15) is 0 Å². The van der Waals surface area contributed by atoms with Crippen LogP contribution in [0.25, 0.3) is 0 Å². The molecule has 2 unspecified atom stereocenters. The maximum atomic E-state index is 5.43. The van der Waals surface area contributed by atoms with E-state index in [-0.39, 0.29) is 11.6 Å². The first-order valence-electron chi connectivity index (χ1n) is 13.8. The predicted molar refractivity (Wildman–Crippen MR) is 145 cm³/mol. The Morgan fingerprint density at radius 1 is 0.857 bits per heavy atom. The third-order valence-corrected chi connectivity index (χ3v) is 9.11. The summed E-state index contributed by atoms with van der Waals surface area (Å²) in [6, 6.07) is 19.9. The summed E-state index contributed by atoms with van der Waals surface area (Å²) >= 11 is 0. The van der Waals surface area contributed by atoms with Gasteiger partial charge in [0, 0.05) is 17.3 Å². The van der Waals surface area contributed by atoms with Crippen LogP contribution >= 0.6 is 0 Å². The molecule has 1 saturated carbocycles. The first-order chi connectivity index (χ1) is 17.2. The minimum atomic E-state index is 0.162. The molecule has 0 bridgehead atoms. The van der Waals surface area contributed by atoms with Gasteiger partial charge in [-0.1, -0.05) is 76.4 Å². The van der Waals surface area contributed by atoms with E-state index in [0.717, 1.165) is 30.9 Å². The molecular formula is C31H38N4. The van der Waals surface area contributed by atoms with Crippen molar-refractivity contribution in [3.63, 3.8) is 0 Å². The van der Waals surface area contributed by atoms with Crippen LogP contribution in [0.15, 0.2) is 60.8 Å². The van der Waals surface area contributed by atoms with Crippen molar-refractivity contribution in [2.45, 2.75) is 89.6 Å². The molecule has 35 heavy (non-hydrogen) atoms. The molecule has 4 nitrogen and oxygen atoms in total. The van der Waals surface area contributed by atoms with Gasteiger partial charge in [0.05, 0.1) is 11.9 Å². The second-order valence-corrected chi connectivity index (χ2v) is 11.0. The Morgan fingerprint density at radius 2 is 1.57 bits per heavy atom. The van der Waals surface area contributed by atoms with Crippen molar-refractivity contribution in [3.8, 4) is 0 Å². The van der Waals surface area contributed by atoms with Crippen LogP contribution in [0.1, 0.15) is 89.3 Å². The van der Waals surface area contributed by atoms with Crippen molar-refractivity contribution in [1.82, 2.24) is 9.97 Å². The first kappa shape index (κ1) is 22.6. The largest absolute Gasteiger partial charge is 0.302 e. The average molecular weight is 467 g/mol. The summed E-state index contributed by atoms with van der Waals surface area (Å²) in [4.78, 5) is 15.6. The average Bonchev–Trinajstić information content (AvgIpc) is 3.22. The number of benzene rings is 2. The highest BCUT2D eigenvalue weighted by Crippen LogP contribution is 2.55. The number of fused-ring (bicyclic) bond motifs is 5. The van der Waals surface area contributed by atoms with Crippen molar-refractivity contribution in [1.29, 1.82) is 0 Å². The van der Waals surface area contributed by atoms with E-state index < -0.39 is 0 Å². The Balaban J connectivity index is 1.58. The third-order valence-electron chi connectivity index (χ3n) is 9.11. The summed E-state index contributed by atoms with van der Waals surface area (Å²) in [5, 5.41) is 0. The van der Waals surface area contributed by atoms with Gasteiger partial charge in [0.15, 0.2) is 11.6 Å². The van der Waals surface area contributed by atoms with Gasteiger partial charge in [-0.15, -0.1) is 0 Å². The highest BCUT2D eigenvalue weighted by Gasteiger charge is 2.49. The molecule has 0 radical (unpaired) electrons. The van der Waals surface area contributed by atoms with E-state index in [2.05, 4.69) is 91.4 Å². The lowest BCUT2D eigenvalue weighted by atomic mass is 9.70. The molecule has 0 saturated heterocycles. The Hall–Kier alpha value is -2.88. The van der Waals surface area contributed by atoms with Crippen LogP contribution in [0.2, 0.25) is 0 Å². The molecule has 2 aliphatic heterocycles. The summed E-state index contributed by atoms with van der Waals surface area (Å²) < 4.78 is 0. The van der Waals surface area contributed by atoms with Crippen molar-refractivity contribution in [3.05, 3.63) is 72.1 Å². The highest BCUT2D eigenvalue weighted by molar-refractivity contribution is 5.85. The van der Waals surface area contributed by atoms with Crippen LogP contribution in [-0.4, -0.2) is 16.1 Å². The molecule has 1 fully saturated rings. The molecular weight excluding hydrogens is 428 g/mol. The SMILES string of the molecule is CCC1(CC)CC(C)C2N(c3ccccc3)c3ncc(C4CCCCC4)nc3N2c2ccccc21. The van der Waals surface area contributed by atoms with E-state index in [1.165, 1.54) is 54.7 Å². The molecule has 0 amide bonds. The number of hydrogen-bond donors (Lipinski definition) is 0. The van der Waals surface area contributed by atoms with E-state index in [0.29, 0.717) is 11.8 Å². The third kappa shape index (κ3) is 3.56. The molecule has 182 valence electrons. The van der Waals surface area contributed by atoms with E-state index in [1.54, 1.807) is 0 Å². The smallest absolute Gasteiger partial charge is 0.178 e. The lowest BCUT2D eigenvalue weighted by molar-refractivity contribution is 0.293. The molecule has 6 rings (SSSR count). The highest BCUT2D eigenvalue weighted by atomic mass is 15.5. The zero-order valence-corrected chi connectivity index (χ0v) is 21.5. The molecule has 3 aliphatic rings. The summed E-state index contributed by atoms with van der Waals surface area (Å²) in [6.07, 6.45) is 12.1. The van der Waals surface area contributed by atoms with E-state index in [1.807, 2.05) is 0 Å². The zero-order chi connectivity index (χ0) is 24.0. The van der Waals surface area contributed by atoms with Crippen LogP contribution in [-0.2, 0) is 5.41 Å². The lowest BCUT2D eigenvalue weighted by Gasteiger charge is -2.36. The summed E-state index contributed by atoms with van der Waals surface area (Å²) in [5.74, 6) is 3.03. The van der Waals surface area contributed by atoms with Crippen LogP contribution in [0.3, 0.4) is 0 Å². The van der Waals surface area contributed by atoms with Crippen molar-refractivity contribution in [2.24, 2.45) is 5.92 Å². The Labute approximate surface area is 210 Å². The summed E-state index contributed by atoms with van der Waals surface area (Å²) in [5.41, 5.74) is 5.36. The lowest BCUT2D eigenvalue weighted by Crippen LogP contribution is -2.43. The van der Waals surface area contributed by atoms with Gasteiger partial charge < -0.3 is 9.80 Å². The Bertz CT molecular complexity index is 1180. The van der Waals surface area contributed by atoms with Gasteiger partial charge >= 0.3 is 0 Å². The normalized spacial score (nSPS) is 23.4. The molecule has 3 heterocycles. The fourth-order valence-corrected chi connectivity index (χ4v) is 7.19. The standard InChI is InChI=1S/C31H38N4/c1-4-31(5-2)20-22(3)30-34(24-16-10-7-11-17-24)28-29(35(30)27-19-13-12-18-25(27)31)33-26(21-32-28)23-14-8-6-9-15-23/h7,10-13,16-19,21-23,30H,4-6,8-9,14-15,20H2,1-3H3. The van der Waals surface area contributed by atoms with Gasteiger partial charge in [-0.25, -0.2) is 9.97 Å². The molecule has 3 aromatic rings. The van der Waals surface area contributed by atoms with E-state index >= 15 is 0 Å². The number of rotatable bonds is 4. The first-order valence-corrected chi connectivity index (χ1v) is 13.8. The van der Waals surface area contributed by atoms with E-state index in [9.17, 15) is 0 Å². The second kappa shape index (κ2) is 8.96.